The van der Waals surface area contributed by atoms with E-state index in [2.05, 4.69) is 24.3 Å². The van der Waals surface area contributed by atoms with Gasteiger partial charge in [0.2, 0.25) is 0 Å². The van der Waals surface area contributed by atoms with Crippen molar-refractivity contribution in [2.45, 2.75) is 6.04 Å². The molecule has 0 fully saturated rings. The van der Waals surface area contributed by atoms with E-state index in [1.54, 1.807) is 12.5 Å². The lowest BCUT2D eigenvalue weighted by Gasteiger charge is -2.17. The molecule has 0 saturated carbocycles. The van der Waals surface area contributed by atoms with Crippen LogP contribution >= 0.6 is 0 Å². The Labute approximate surface area is 85.1 Å². The van der Waals surface area contributed by atoms with Gasteiger partial charge in [0.1, 0.15) is 0 Å². The molecule has 0 aliphatic heterocycles. The molecule has 80 valence electrons. The highest BCUT2D eigenvalue weighted by Gasteiger charge is 2.09. The van der Waals surface area contributed by atoms with Crippen molar-refractivity contribution in [2.75, 3.05) is 33.7 Å². The second-order valence-electron chi connectivity index (χ2n) is 3.60. The van der Waals surface area contributed by atoms with Crippen LogP contribution < -0.4 is 11.1 Å². The van der Waals surface area contributed by atoms with Crippen molar-refractivity contribution in [1.82, 2.24) is 10.2 Å². The summed E-state index contributed by atoms with van der Waals surface area (Å²) in [6, 6.07) is 2.15. The van der Waals surface area contributed by atoms with Crippen LogP contribution in [0.25, 0.3) is 0 Å². The summed E-state index contributed by atoms with van der Waals surface area (Å²) in [5.74, 6) is 0. The number of likely N-dealkylation sites (N-methyl/N-ethyl adjacent to an activating group) is 1. The van der Waals surface area contributed by atoms with Crippen molar-refractivity contribution < 1.29 is 4.42 Å². The Morgan fingerprint density at radius 3 is 2.86 bits per heavy atom. The lowest BCUT2D eigenvalue weighted by Crippen LogP contribution is -2.33. The van der Waals surface area contributed by atoms with E-state index in [9.17, 15) is 0 Å². The lowest BCUT2D eigenvalue weighted by molar-refractivity contribution is 0.385. The third-order valence-corrected chi connectivity index (χ3v) is 2.13. The number of nitrogens with two attached hydrogens (primary N) is 1. The van der Waals surface area contributed by atoms with Gasteiger partial charge in [-0.05, 0) is 20.2 Å². The SMILES string of the molecule is CN(C)CCNC(CN)c1ccoc1. The van der Waals surface area contributed by atoms with Crippen LogP contribution in [0, 0.1) is 0 Å². The molecule has 1 rings (SSSR count). The van der Waals surface area contributed by atoms with Crippen LogP contribution in [-0.4, -0.2) is 38.6 Å². The smallest absolute Gasteiger partial charge is 0.0950 e. The van der Waals surface area contributed by atoms with E-state index < -0.39 is 0 Å². The monoisotopic (exact) mass is 197 g/mol. The maximum atomic E-state index is 5.66. The average Bonchev–Trinajstić information content (AvgIpc) is 2.64. The van der Waals surface area contributed by atoms with Gasteiger partial charge in [0.15, 0.2) is 0 Å². The predicted octanol–water partition coefficient (Wildman–Crippen LogP) is 0.431. The number of rotatable bonds is 6. The van der Waals surface area contributed by atoms with E-state index in [1.165, 1.54) is 0 Å². The average molecular weight is 197 g/mol. The number of nitrogens with one attached hydrogen (secondary N) is 1. The van der Waals surface area contributed by atoms with E-state index in [0.717, 1.165) is 18.7 Å². The van der Waals surface area contributed by atoms with Gasteiger partial charge < -0.3 is 20.4 Å². The van der Waals surface area contributed by atoms with Crippen LogP contribution in [0.5, 0.6) is 0 Å². The van der Waals surface area contributed by atoms with Crippen molar-refractivity contribution in [1.29, 1.82) is 0 Å². The Balaban J connectivity index is 2.33. The molecule has 0 saturated heterocycles. The topological polar surface area (TPSA) is 54.4 Å². The summed E-state index contributed by atoms with van der Waals surface area (Å²) in [4.78, 5) is 2.13. The normalized spacial score (nSPS) is 13.4. The molecule has 0 spiro atoms. The molecule has 0 radical (unpaired) electrons. The first-order valence-electron chi connectivity index (χ1n) is 4.84. The van der Waals surface area contributed by atoms with Crippen molar-refractivity contribution in [2.24, 2.45) is 5.73 Å². The molecule has 0 aliphatic rings. The van der Waals surface area contributed by atoms with Crippen molar-refractivity contribution in [3.63, 3.8) is 0 Å². The van der Waals surface area contributed by atoms with Crippen LogP contribution in [-0.2, 0) is 0 Å². The maximum absolute atomic E-state index is 5.66. The van der Waals surface area contributed by atoms with Gasteiger partial charge in [-0.15, -0.1) is 0 Å². The lowest BCUT2D eigenvalue weighted by atomic mass is 10.1. The van der Waals surface area contributed by atoms with E-state index in [4.69, 9.17) is 10.2 Å². The fraction of sp³-hybridized carbons (Fsp3) is 0.600. The minimum absolute atomic E-state index is 0.202. The summed E-state index contributed by atoms with van der Waals surface area (Å²) in [5.41, 5.74) is 6.78. The van der Waals surface area contributed by atoms with Crippen molar-refractivity contribution in [3.05, 3.63) is 24.2 Å². The Kier molecular flexibility index (Phi) is 4.65. The van der Waals surface area contributed by atoms with Gasteiger partial charge in [0.25, 0.3) is 0 Å². The zero-order valence-electron chi connectivity index (χ0n) is 8.86. The second-order valence-corrected chi connectivity index (χ2v) is 3.60. The van der Waals surface area contributed by atoms with Gasteiger partial charge >= 0.3 is 0 Å². The molecule has 4 heteroatoms. The van der Waals surface area contributed by atoms with E-state index in [-0.39, 0.29) is 6.04 Å². The first kappa shape index (κ1) is 11.2. The number of hydrogen-bond donors (Lipinski definition) is 2. The zero-order chi connectivity index (χ0) is 10.4. The molecule has 1 aromatic heterocycles. The molecule has 0 bridgehead atoms. The summed E-state index contributed by atoms with van der Waals surface area (Å²) in [6.45, 7) is 2.53. The number of nitrogens with zero attached hydrogens (tertiary/aromatic N) is 1. The molecule has 4 nitrogen and oxygen atoms in total. The largest absolute Gasteiger partial charge is 0.472 e. The molecule has 1 heterocycles. The van der Waals surface area contributed by atoms with Crippen LogP contribution in [0.4, 0.5) is 0 Å². The molecule has 3 N–H and O–H groups in total. The first-order chi connectivity index (χ1) is 6.74. The molecule has 0 aliphatic carbocycles. The standard InChI is InChI=1S/C10H19N3O/c1-13(2)5-4-12-10(7-11)9-3-6-14-8-9/h3,6,8,10,12H,4-5,7,11H2,1-2H3. The Morgan fingerprint density at radius 2 is 2.36 bits per heavy atom. The van der Waals surface area contributed by atoms with Gasteiger partial charge in [-0.1, -0.05) is 0 Å². The van der Waals surface area contributed by atoms with Crippen LogP contribution in [0.3, 0.4) is 0 Å². The van der Waals surface area contributed by atoms with Crippen molar-refractivity contribution in [3.8, 4) is 0 Å². The molecule has 14 heavy (non-hydrogen) atoms. The molecular weight excluding hydrogens is 178 g/mol. The van der Waals surface area contributed by atoms with Crippen LogP contribution in [0.1, 0.15) is 11.6 Å². The van der Waals surface area contributed by atoms with E-state index >= 15 is 0 Å². The summed E-state index contributed by atoms with van der Waals surface area (Å²) >= 11 is 0. The predicted molar refractivity (Wildman–Crippen MR) is 57.1 cm³/mol. The maximum Gasteiger partial charge on any atom is 0.0950 e. The third kappa shape index (κ3) is 3.49. The Morgan fingerprint density at radius 1 is 1.57 bits per heavy atom. The minimum atomic E-state index is 0.202. The van der Waals surface area contributed by atoms with Crippen LogP contribution in [0.2, 0.25) is 0 Å². The summed E-state index contributed by atoms with van der Waals surface area (Å²) in [5, 5.41) is 3.38. The molecule has 1 aromatic rings. The Bertz CT molecular complexity index is 234. The molecule has 0 aromatic carbocycles. The summed E-state index contributed by atoms with van der Waals surface area (Å²) in [6.07, 6.45) is 3.41. The first-order valence-corrected chi connectivity index (χ1v) is 4.84. The molecular formula is C10H19N3O. The third-order valence-electron chi connectivity index (χ3n) is 2.13. The molecule has 1 unspecified atom stereocenters. The van der Waals surface area contributed by atoms with Gasteiger partial charge in [-0.25, -0.2) is 0 Å². The fourth-order valence-corrected chi connectivity index (χ4v) is 1.27. The highest BCUT2D eigenvalue weighted by atomic mass is 16.3. The van der Waals surface area contributed by atoms with E-state index in [0.29, 0.717) is 6.54 Å². The summed E-state index contributed by atoms with van der Waals surface area (Å²) < 4.78 is 5.02. The second kappa shape index (κ2) is 5.80. The Hall–Kier alpha value is -0.840. The fourth-order valence-electron chi connectivity index (χ4n) is 1.27. The van der Waals surface area contributed by atoms with E-state index in [1.807, 2.05) is 6.07 Å². The number of furan rings is 1. The van der Waals surface area contributed by atoms with Gasteiger partial charge in [0.05, 0.1) is 12.5 Å². The summed E-state index contributed by atoms with van der Waals surface area (Å²) in [7, 11) is 4.11. The highest BCUT2D eigenvalue weighted by Crippen LogP contribution is 2.11. The zero-order valence-corrected chi connectivity index (χ0v) is 8.86. The minimum Gasteiger partial charge on any atom is -0.472 e. The van der Waals surface area contributed by atoms with Crippen LogP contribution in [0.15, 0.2) is 23.0 Å². The van der Waals surface area contributed by atoms with Gasteiger partial charge in [0, 0.05) is 31.2 Å². The molecule has 1 atom stereocenters. The van der Waals surface area contributed by atoms with Gasteiger partial charge in [-0.3, -0.25) is 0 Å². The van der Waals surface area contributed by atoms with Gasteiger partial charge in [-0.2, -0.15) is 0 Å². The number of hydrogen-bond acceptors (Lipinski definition) is 4. The highest BCUT2D eigenvalue weighted by molar-refractivity contribution is 5.11. The molecule has 0 amide bonds. The van der Waals surface area contributed by atoms with Crippen molar-refractivity contribution >= 4 is 0 Å². The quantitative estimate of drug-likeness (QED) is 0.694.